The van der Waals surface area contributed by atoms with Crippen LogP contribution >= 0.6 is 0 Å². The van der Waals surface area contributed by atoms with Gasteiger partial charge in [-0.15, -0.1) is 10.2 Å². The van der Waals surface area contributed by atoms with Crippen molar-refractivity contribution in [3.63, 3.8) is 0 Å². The van der Waals surface area contributed by atoms with Gasteiger partial charge in [0, 0.05) is 31.3 Å². The molecule has 0 atom stereocenters. The molecule has 1 amide bonds. The first-order chi connectivity index (χ1) is 23.4. The van der Waals surface area contributed by atoms with E-state index in [-0.39, 0.29) is 29.9 Å². The van der Waals surface area contributed by atoms with Gasteiger partial charge in [-0.1, -0.05) is 30.2 Å². The highest BCUT2D eigenvalue weighted by Gasteiger charge is 2.45. The van der Waals surface area contributed by atoms with Crippen LogP contribution < -0.4 is 10.2 Å². The number of nitrogens with one attached hydrogen (secondary N) is 1. The maximum atomic E-state index is 14.6. The van der Waals surface area contributed by atoms with Crippen LogP contribution in [0.3, 0.4) is 0 Å². The number of hydrogen-bond donors (Lipinski definition) is 1. The van der Waals surface area contributed by atoms with Crippen molar-refractivity contribution in [2.75, 3.05) is 23.3 Å². The molecule has 2 saturated carbocycles. The van der Waals surface area contributed by atoms with Crippen molar-refractivity contribution in [2.45, 2.75) is 76.7 Å². The van der Waals surface area contributed by atoms with E-state index in [1.165, 1.54) is 30.2 Å². The molecule has 2 aromatic heterocycles. The van der Waals surface area contributed by atoms with Crippen molar-refractivity contribution >= 4 is 17.5 Å². The number of benzene rings is 2. The average Bonchev–Trinajstić information content (AvgIpc) is 3.33. The lowest BCUT2D eigenvalue weighted by Gasteiger charge is -2.38. The van der Waals surface area contributed by atoms with E-state index in [2.05, 4.69) is 26.5 Å². The highest BCUT2D eigenvalue weighted by atomic mass is 19.4. The van der Waals surface area contributed by atoms with Gasteiger partial charge in [0.1, 0.15) is 18.0 Å². The van der Waals surface area contributed by atoms with Gasteiger partial charge in [-0.05, 0) is 97.5 Å². The van der Waals surface area contributed by atoms with Crippen LogP contribution in [0.5, 0.6) is 0 Å². The third-order valence-corrected chi connectivity index (χ3v) is 10.9. The molecule has 9 nitrogen and oxygen atoms in total. The first-order valence-electron chi connectivity index (χ1n) is 16.8. The second kappa shape index (κ2) is 11.4. The minimum Gasteiger partial charge on any atom is -0.364 e. The van der Waals surface area contributed by atoms with Crippen LogP contribution in [0.25, 0.3) is 22.5 Å². The van der Waals surface area contributed by atoms with Crippen molar-refractivity contribution in [3.8, 4) is 28.6 Å². The summed E-state index contributed by atoms with van der Waals surface area (Å²) >= 11 is 0. The summed E-state index contributed by atoms with van der Waals surface area (Å²) in [6.07, 6.45) is 3.51. The quantitative estimate of drug-likeness (QED) is 0.211. The standard InChI is InChI=1S/C37H37F3N8O/c1-23-4-5-26(33-45-42-22-46(33)2)27(14-23)25-17-31(44-36(8-9-36)10-12-41)43-32(18-25)48-20-29-28(34(48)49)15-24(16-30(29)37(38,39)40)19-47-13-11-35(21-47)6-3-7-35/h4-5,14-18,22H,3,6-11,13,19-21H2,1-2H3,(H,43,44). The molecule has 0 radical (unpaired) electrons. The van der Waals surface area contributed by atoms with E-state index in [9.17, 15) is 23.2 Å². The zero-order valence-corrected chi connectivity index (χ0v) is 27.6. The molecule has 1 spiro atoms. The van der Waals surface area contributed by atoms with Crippen LogP contribution in [0.1, 0.15) is 77.6 Å². The van der Waals surface area contributed by atoms with E-state index < -0.39 is 23.2 Å². The number of pyridine rings is 1. The molecule has 4 aromatic rings. The Bertz CT molecular complexity index is 2020. The average molecular weight is 667 g/mol. The van der Waals surface area contributed by atoms with Crippen molar-refractivity contribution in [2.24, 2.45) is 12.5 Å². The summed E-state index contributed by atoms with van der Waals surface area (Å²) in [6, 6.07) is 14.7. The minimum atomic E-state index is -4.62. The summed E-state index contributed by atoms with van der Waals surface area (Å²) in [5.74, 6) is 0.815. The number of aryl methyl sites for hydroxylation is 2. The van der Waals surface area contributed by atoms with E-state index >= 15 is 0 Å². The van der Waals surface area contributed by atoms with Gasteiger partial charge in [-0.25, -0.2) is 4.98 Å². The number of hydrogen-bond acceptors (Lipinski definition) is 7. The lowest BCUT2D eigenvalue weighted by atomic mass is 9.68. The van der Waals surface area contributed by atoms with Gasteiger partial charge < -0.3 is 9.88 Å². The number of rotatable bonds is 8. The largest absolute Gasteiger partial charge is 0.416 e. The number of nitrogens with zero attached hydrogens (tertiary/aromatic N) is 7. The maximum Gasteiger partial charge on any atom is 0.416 e. The fourth-order valence-electron chi connectivity index (χ4n) is 7.92. The summed E-state index contributed by atoms with van der Waals surface area (Å²) in [4.78, 5) is 22.5. The number of carbonyl (C=O) groups is 1. The lowest BCUT2D eigenvalue weighted by molar-refractivity contribution is -0.138. The molecule has 0 unspecified atom stereocenters. The van der Waals surface area contributed by atoms with E-state index in [0.717, 1.165) is 49.0 Å². The smallest absolute Gasteiger partial charge is 0.364 e. The summed E-state index contributed by atoms with van der Waals surface area (Å²) in [6.45, 7) is 3.85. The highest BCUT2D eigenvalue weighted by Crippen LogP contribution is 2.49. The molecule has 12 heteroatoms. The van der Waals surface area contributed by atoms with Gasteiger partial charge in [-0.3, -0.25) is 14.6 Å². The van der Waals surface area contributed by atoms with Crippen LogP contribution in [0, 0.1) is 23.7 Å². The van der Waals surface area contributed by atoms with Gasteiger partial charge in [0.2, 0.25) is 0 Å². The van der Waals surface area contributed by atoms with Crippen LogP contribution in [0.2, 0.25) is 0 Å². The van der Waals surface area contributed by atoms with Gasteiger partial charge >= 0.3 is 6.18 Å². The Kier molecular flexibility index (Phi) is 7.33. The predicted octanol–water partition coefficient (Wildman–Crippen LogP) is 7.27. The summed E-state index contributed by atoms with van der Waals surface area (Å²) in [5, 5.41) is 21.3. The van der Waals surface area contributed by atoms with Crippen LogP contribution in [-0.4, -0.2) is 49.2 Å². The third-order valence-electron chi connectivity index (χ3n) is 10.9. The van der Waals surface area contributed by atoms with Gasteiger partial charge in [0.15, 0.2) is 5.82 Å². The zero-order chi connectivity index (χ0) is 34.1. The Balaban J connectivity index is 1.20. The number of fused-ring (bicyclic) bond motifs is 1. The first kappa shape index (κ1) is 31.5. The monoisotopic (exact) mass is 666 g/mol. The predicted molar refractivity (Wildman–Crippen MR) is 178 cm³/mol. The molecule has 3 fully saturated rings. The van der Waals surface area contributed by atoms with Gasteiger partial charge in [0.05, 0.1) is 30.1 Å². The van der Waals surface area contributed by atoms with E-state index in [4.69, 9.17) is 4.98 Å². The van der Waals surface area contributed by atoms with Crippen LogP contribution in [0.15, 0.2) is 48.8 Å². The molecule has 1 N–H and O–H groups in total. The molecule has 49 heavy (non-hydrogen) atoms. The number of nitriles is 1. The number of anilines is 2. The van der Waals surface area contributed by atoms with E-state index in [0.29, 0.717) is 34.7 Å². The maximum absolute atomic E-state index is 14.6. The lowest BCUT2D eigenvalue weighted by Crippen LogP contribution is -2.33. The van der Waals surface area contributed by atoms with Crippen molar-refractivity contribution in [1.82, 2.24) is 24.6 Å². The fraction of sp³-hybridized carbons (Fsp3) is 0.432. The number of amides is 1. The summed E-state index contributed by atoms with van der Waals surface area (Å²) < 4.78 is 45.7. The molecule has 2 aliphatic heterocycles. The normalized spacial score (nSPS) is 19.2. The van der Waals surface area contributed by atoms with Crippen LogP contribution in [0.4, 0.5) is 24.8 Å². The summed E-state index contributed by atoms with van der Waals surface area (Å²) in [5.41, 5.74) is 2.98. The Morgan fingerprint density at radius 3 is 2.49 bits per heavy atom. The van der Waals surface area contributed by atoms with Crippen molar-refractivity contribution < 1.29 is 18.0 Å². The Hall–Kier alpha value is -4.76. The molecule has 0 bridgehead atoms. The molecule has 4 aliphatic rings. The molecular formula is C37H37F3N8O. The fourth-order valence-corrected chi connectivity index (χ4v) is 7.92. The minimum absolute atomic E-state index is 0.0293. The molecule has 1 saturated heterocycles. The Labute approximate surface area is 282 Å². The van der Waals surface area contributed by atoms with Gasteiger partial charge in [0.25, 0.3) is 5.91 Å². The molecule has 2 aliphatic carbocycles. The molecule has 8 rings (SSSR count). The number of alkyl halides is 3. The summed E-state index contributed by atoms with van der Waals surface area (Å²) in [7, 11) is 1.85. The second-order valence-electron chi connectivity index (χ2n) is 14.5. The number of halogens is 3. The molecular weight excluding hydrogens is 629 g/mol. The third kappa shape index (κ3) is 5.73. The molecule has 2 aromatic carbocycles. The van der Waals surface area contributed by atoms with Crippen LogP contribution in [-0.2, 0) is 26.3 Å². The van der Waals surface area contributed by atoms with Crippen molar-refractivity contribution in [1.29, 1.82) is 5.26 Å². The van der Waals surface area contributed by atoms with E-state index in [1.54, 1.807) is 18.5 Å². The first-order valence-corrected chi connectivity index (χ1v) is 16.8. The second-order valence-corrected chi connectivity index (χ2v) is 14.5. The number of carbonyl (C=O) groups excluding carboxylic acids is 1. The van der Waals surface area contributed by atoms with E-state index in [1.807, 2.05) is 42.8 Å². The van der Waals surface area contributed by atoms with Crippen molar-refractivity contribution in [3.05, 3.63) is 76.6 Å². The Morgan fingerprint density at radius 2 is 1.84 bits per heavy atom. The topological polar surface area (TPSA) is 103 Å². The SMILES string of the molecule is Cc1ccc(-c2nncn2C)c(-c2cc(NC3(CC#N)CC3)nc(N3Cc4c(cc(CN5CCC6(CCC6)C5)cc4C(F)(F)F)C3=O)c2)c1. The number of likely N-dealkylation sites (tertiary alicyclic amines) is 1. The zero-order valence-electron chi connectivity index (χ0n) is 27.6. The number of aromatic nitrogens is 4. The van der Waals surface area contributed by atoms with Gasteiger partial charge in [-0.2, -0.15) is 18.4 Å². The Morgan fingerprint density at radius 1 is 1.02 bits per heavy atom. The highest BCUT2D eigenvalue weighted by molar-refractivity contribution is 6.10. The molecule has 4 heterocycles. The molecule has 252 valence electrons.